The Morgan fingerprint density at radius 2 is 1.80 bits per heavy atom. The van der Waals surface area contributed by atoms with E-state index in [1.807, 2.05) is 0 Å². The first-order chi connectivity index (χ1) is 6.77. The molecule has 1 heterocycles. The third kappa shape index (κ3) is 2.66. The minimum Gasteiger partial charge on any atom is -0.256 e. The molecule has 0 saturated carbocycles. The van der Waals surface area contributed by atoms with Crippen molar-refractivity contribution in [1.82, 2.24) is 4.98 Å². The summed E-state index contributed by atoms with van der Waals surface area (Å²) in [5, 5.41) is 0. The summed E-state index contributed by atoms with van der Waals surface area (Å²) in [4.78, 5) is 3.98. The van der Waals surface area contributed by atoms with E-state index >= 15 is 0 Å². The largest absolute Gasteiger partial charge is 0.256 e. The van der Waals surface area contributed by atoms with Gasteiger partial charge in [-0.15, -0.1) is 0 Å². The first-order valence-electron chi connectivity index (χ1n) is 4.14. The second kappa shape index (κ2) is 5.08. The molecule has 0 radical (unpaired) electrons. The van der Waals surface area contributed by atoms with Gasteiger partial charge in [-0.1, -0.05) is 6.07 Å². The second-order valence-electron chi connectivity index (χ2n) is 2.84. The van der Waals surface area contributed by atoms with Crippen LogP contribution in [0.5, 0.6) is 0 Å². The van der Waals surface area contributed by atoms with E-state index in [9.17, 15) is 8.78 Å². The Morgan fingerprint density at radius 3 is 2.40 bits per heavy atom. The molecule has 0 aliphatic carbocycles. The van der Waals surface area contributed by atoms with Crippen LogP contribution >= 0.6 is 0 Å². The van der Waals surface area contributed by atoms with Crippen LogP contribution in [0.1, 0.15) is 0 Å². The normalized spacial score (nSPS) is 9.47. The van der Waals surface area contributed by atoms with Gasteiger partial charge in [0, 0.05) is 37.3 Å². The van der Waals surface area contributed by atoms with E-state index in [4.69, 9.17) is 0 Å². The van der Waals surface area contributed by atoms with Gasteiger partial charge >= 0.3 is 0 Å². The molecule has 1 aromatic carbocycles. The summed E-state index contributed by atoms with van der Waals surface area (Å²) >= 11 is 0. The number of hydrogen-bond donors (Lipinski definition) is 0. The van der Waals surface area contributed by atoms with Gasteiger partial charge in [-0.3, -0.25) is 4.98 Å². The number of pyridine rings is 1. The fourth-order valence-corrected chi connectivity index (χ4v) is 1.22. The Bertz CT molecular complexity index is 446. The van der Waals surface area contributed by atoms with Gasteiger partial charge < -0.3 is 0 Å². The number of hydrogen-bond acceptors (Lipinski definition) is 1. The quantitative estimate of drug-likeness (QED) is 0.736. The predicted octanol–water partition coefficient (Wildman–Crippen LogP) is 3.02. The van der Waals surface area contributed by atoms with Gasteiger partial charge in [-0.2, -0.15) is 0 Å². The molecule has 0 spiro atoms. The van der Waals surface area contributed by atoms with Crippen molar-refractivity contribution >= 4 is 0 Å². The van der Waals surface area contributed by atoms with Crippen molar-refractivity contribution in [2.45, 2.75) is 0 Å². The molecule has 0 saturated heterocycles. The molecule has 4 heteroatoms. The Kier molecular flexibility index (Phi) is 4.04. The van der Waals surface area contributed by atoms with Crippen LogP contribution in [0.3, 0.4) is 0 Å². The van der Waals surface area contributed by atoms with Gasteiger partial charge in [-0.05, 0) is 24.3 Å². The number of benzene rings is 1. The predicted molar refractivity (Wildman–Crippen MR) is 49.6 cm³/mol. The zero-order valence-electron chi connectivity index (χ0n) is 7.60. The molecule has 0 aliphatic rings. The van der Waals surface area contributed by atoms with Crippen molar-refractivity contribution in [1.29, 1.82) is 0 Å². The summed E-state index contributed by atoms with van der Waals surface area (Å²) < 4.78 is 25.9. The topological polar surface area (TPSA) is 12.9 Å². The molecule has 2 rings (SSSR count). The molecule has 0 N–H and O–H groups in total. The summed E-state index contributed by atoms with van der Waals surface area (Å²) in [7, 11) is 0. The van der Waals surface area contributed by atoms with Crippen molar-refractivity contribution in [2.24, 2.45) is 0 Å². The van der Waals surface area contributed by atoms with Gasteiger partial charge in [0.25, 0.3) is 0 Å². The third-order valence-corrected chi connectivity index (χ3v) is 1.87. The second-order valence-corrected chi connectivity index (χ2v) is 2.84. The van der Waals surface area contributed by atoms with E-state index < -0.39 is 11.6 Å². The van der Waals surface area contributed by atoms with Gasteiger partial charge in [0.1, 0.15) is 11.6 Å². The third-order valence-electron chi connectivity index (χ3n) is 1.87. The van der Waals surface area contributed by atoms with Crippen LogP contribution < -0.4 is 0 Å². The zero-order chi connectivity index (χ0) is 9.97. The van der Waals surface area contributed by atoms with Crippen LogP contribution in [0.25, 0.3) is 11.3 Å². The molecule has 78 valence electrons. The smallest absolute Gasteiger partial charge is 0.135 e. The summed E-state index contributed by atoms with van der Waals surface area (Å²) in [6, 6.07) is 8.62. The monoisotopic (exact) mass is 293 g/mol. The van der Waals surface area contributed by atoms with Crippen molar-refractivity contribution < 1.29 is 28.3 Å². The average Bonchev–Trinajstić information content (AvgIpc) is 2.19. The van der Waals surface area contributed by atoms with Crippen molar-refractivity contribution in [3.05, 3.63) is 54.2 Å². The van der Waals surface area contributed by atoms with E-state index in [0.717, 1.165) is 6.07 Å². The zero-order valence-corrected chi connectivity index (χ0v) is 9.34. The summed E-state index contributed by atoms with van der Waals surface area (Å²) in [6.45, 7) is 0. The molecule has 0 aliphatic heterocycles. The Hall–Kier alpha value is -1.15. The number of nitrogens with zero attached hydrogens (tertiary/aromatic N) is 1. The maximum Gasteiger partial charge on any atom is 0.135 e. The van der Waals surface area contributed by atoms with E-state index in [2.05, 4.69) is 4.98 Å². The van der Waals surface area contributed by atoms with Crippen LogP contribution in [0, 0.1) is 11.6 Å². The van der Waals surface area contributed by atoms with E-state index in [1.54, 1.807) is 24.4 Å². The molecular weight excluding hydrogens is 285 g/mol. The molecule has 0 bridgehead atoms. The fraction of sp³-hybridized carbons (Fsp3) is 0. The minimum atomic E-state index is -0.594. The molecule has 0 unspecified atom stereocenters. The summed E-state index contributed by atoms with van der Waals surface area (Å²) in [5.41, 5.74) is 0.817. The molecule has 15 heavy (non-hydrogen) atoms. The maximum atomic E-state index is 13.3. The van der Waals surface area contributed by atoms with Gasteiger partial charge in [0.05, 0.1) is 5.69 Å². The standard InChI is InChI=1S/C11H7F2N.Ru/c12-8-4-5-9(10(13)7-8)11-3-1-2-6-14-11;/h1-7H;. The Morgan fingerprint density at radius 1 is 1.00 bits per heavy atom. The van der Waals surface area contributed by atoms with Crippen molar-refractivity contribution in [3.8, 4) is 11.3 Å². The molecule has 1 aromatic heterocycles. The Balaban J connectivity index is 0.00000112. The van der Waals surface area contributed by atoms with Crippen molar-refractivity contribution in [2.75, 3.05) is 0 Å². The molecule has 0 amide bonds. The van der Waals surface area contributed by atoms with Crippen LogP contribution in [-0.4, -0.2) is 4.98 Å². The van der Waals surface area contributed by atoms with Crippen molar-refractivity contribution in [3.63, 3.8) is 0 Å². The van der Waals surface area contributed by atoms with Gasteiger partial charge in [-0.25, -0.2) is 8.78 Å². The molecule has 1 nitrogen and oxygen atoms in total. The van der Waals surface area contributed by atoms with E-state index in [0.29, 0.717) is 11.3 Å². The SMILES string of the molecule is Fc1ccc(-c2ccccn2)c(F)c1.[Ru]. The fourth-order valence-electron chi connectivity index (χ4n) is 1.22. The summed E-state index contributed by atoms with van der Waals surface area (Å²) in [6.07, 6.45) is 1.57. The van der Waals surface area contributed by atoms with Crippen LogP contribution in [0.2, 0.25) is 0 Å². The average molecular weight is 292 g/mol. The molecule has 0 atom stereocenters. The van der Waals surface area contributed by atoms with Gasteiger partial charge in [0.15, 0.2) is 0 Å². The molecular formula is C11H7F2NRu. The number of rotatable bonds is 1. The first-order valence-corrected chi connectivity index (χ1v) is 4.14. The number of aromatic nitrogens is 1. The van der Waals surface area contributed by atoms with Crippen LogP contribution in [0.4, 0.5) is 8.78 Å². The van der Waals surface area contributed by atoms with Gasteiger partial charge in [0.2, 0.25) is 0 Å². The molecule has 0 fully saturated rings. The van der Waals surface area contributed by atoms with E-state index in [1.165, 1.54) is 12.1 Å². The Labute approximate surface area is 98.9 Å². The minimum absolute atomic E-state index is 0. The summed E-state index contributed by atoms with van der Waals surface area (Å²) in [5.74, 6) is -1.18. The van der Waals surface area contributed by atoms with Crippen LogP contribution in [-0.2, 0) is 19.5 Å². The maximum absolute atomic E-state index is 13.3. The first kappa shape index (κ1) is 11.9. The number of halogens is 2. The molecule has 2 aromatic rings. The van der Waals surface area contributed by atoms with Crippen LogP contribution in [0.15, 0.2) is 42.6 Å². The van der Waals surface area contributed by atoms with E-state index in [-0.39, 0.29) is 19.5 Å².